The van der Waals surface area contributed by atoms with Gasteiger partial charge in [-0.15, -0.1) is 0 Å². The third kappa shape index (κ3) is 4.09. The molecule has 4 aromatic rings. The molecule has 0 radical (unpaired) electrons. The van der Waals surface area contributed by atoms with E-state index in [1.807, 2.05) is 60.7 Å². The van der Waals surface area contributed by atoms with Crippen LogP contribution in [0.4, 0.5) is 5.69 Å². The summed E-state index contributed by atoms with van der Waals surface area (Å²) in [6.45, 7) is 0. The van der Waals surface area contributed by atoms with Crippen LogP contribution in [0, 0.1) is 0 Å². The standard InChI is InChI=1S/C24H21N3O2/c1-27-24(29)20-13-7-6-12-19(20)22(26-27)16-23(28)25-21-14-8-5-11-18(21)15-17-9-3-2-4-10-17/h2-14H,15-16H2,1H3,(H,25,28). The van der Waals surface area contributed by atoms with Crippen LogP contribution in [-0.2, 0) is 24.7 Å². The van der Waals surface area contributed by atoms with Crippen molar-refractivity contribution in [2.45, 2.75) is 12.8 Å². The molecule has 0 unspecified atom stereocenters. The van der Waals surface area contributed by atoms with Gasteiger partial charge in [0.25, 0.3) is 5.56 Å². The summed E-state index contributed by atoms with van der Waals surface area (Å²) in [5.74, 6) is -0.165. The van der Waals surface area contributed by atoms with E-state index >= 15 is 0 Å². The molecule has 0 fully saturated rings. The Kier molecular flexibility index (Phi) is 5.20. The van der Waals surface area contributed by atoms with Gasteiger partial charge in [-0.3, -0.25) is 9.59 Å². The number of amides is 1. The van der Waals surface area contributed by atoms with Gasteiger partial charge in [-0.05, 0) is 29.7 Å². The Labute approximate surface area is 168 Å². The quantitative estimate of drug-likeness (QED) is 0.571. The average molecular weight is 383 g/mol. The average Bonchev–Trinajstić information content (AvgIpc) is 2.74. The normalized spacial score (nSPS) is 10.8. The summed E-state index contributed by atoms with van der Waals surface area (Å²) < 4.78 is 1.29. The Balaban J connectivity index is 1.58. The van der Waals surface area contributed by atoms with E-state index < -0.39 is 0 Å². The summed E-state index contributed by atoms with van der Waals surface area (Å²) in [5.41, 5.74) is 3.43. The monoisotopic (exact) mass is 383 g/mol. The number of anilines is 1. The van der Waals surface area contributed by atoms with Crippen molar-refractivity contribution >= 4 is 22.4 Å². The molecule has 0 bridgehead atoms. The molecule has 0 aliphatic heterocycles. The third-order valence-corrected chi connectivity index (χ3v) is 4.89. The fraction of sp³-hybridized carbons (Fsp3) is 0.125. The van der Waals surface area contributed by atoms with E-state index in [4.69, 9.17) is 0 Å². The van der Waals surface area contributed by atoms with Crippen molar-refractivity contribution in [3.8, 4) is 0 Å². The zero-order chi connectivity index (χ0) is 20.2. The summed E-state index contributed by atoms with van der Waals surface area (Å²) in [4.78, 5) is 25.1. The van der Waals surface area contributed by atoms with Crippen LogP contribution in [0.3, 0.4) is 0 Å². The highest BCUT2D eigenvalue weighted by Crippen LogP contribution is 2.20. The number of hydrogen-bond donors (Lipinski definition) is 1. The van der Waals surface area contributed by atoms with Gasteiger partial charge in [-0.1, -0.05) is 66.7 Å². The first-order chi connectivity index (χ1) is 14.1. The van der Waals surface area contributed by atoms with Crippen LogP contribution in [0.25, 0.3) is 10.8 Å². The Hall–Kier alpha value is -3.73. The third-order valence-electron chi connectivity index (χ3n) is 4.89. The van der Waals surface area contributed by atoms with Crippen LogP contribution in [0.15, 0.2) is 83.7 Å². The molecule has 1 heterocycles. The highest BCUT2D eigenvalue weighted by molar-refractivity contribution is 5.95. The molecule has 1 aromatic heterocycles. The highest BCUT2D eigenvalue weighted by atomic mass is 16.1. The van der Waals surface area contributed by atoms with Crippen molar-refractivity contribution in [1.29, 1.82) is 0 Å². The first-order valence-electron chi connectivity index (χ1n) is 9.48. The number of aryl methyl sites for hydroxylation is 1. The van der Waals surface area contributed by atoms with Crippen molar-refractivity contribution < 1.29 is 4.79 Å². The summed E-state index contributed by atoms with van der Waals surface area (Å²) >= 11 is 0. The molecule has 5 nitrogen and oxygen atoms in total. The van der Waals surface area contributed by atoms with Gasteiger partial charge in [0.15, 0.2) is 0 Å². The zero-order valence-corrected chi connectivity index (χ0v) is 16.1. The van der Waals surface area contributed by atoms with E-state index in [0.717, 1.165) is 17.7 Å². The van der Waals surface area contributed by atoms with Gasteiger partial charge in [0.1, 0.15) is 0 Å². The Morgan fingerprint density at radius 1 is 0.897 bits per heavy atom. The summed E-state index contributed by atoms with van der Waals surface area (Å²) in [6, 6.07) is 25.2. The Bertz CT molecular complexity index is 1230. The number of aromatic nitrogens is 2. The van der Waals surface area contributed by atoms with E-state index in [0.29, 0.717) is 16.5 Å². The number of nitrogens with zero attached hydrogens (tertiary/aromatic N) is 2. The molecule has 0 aliphatic rings. The van der Waals surface area contributed by atoms with Gasteiger partial charge >= 0.3 is 0 Å². The van der Waals surface area contributed by atoms with Crippen LogP contribution >= 0.6 is 0 Å². The lowest BCUT2D eigenvalue weighted by atomic mass is 10.0. The number of fused-ring (bicyclic) bond motifs is 1. The Morgan fingerprint density at radius 2 is 1.55 bits per heavy atom. The van der Waals surface area contributed by atoms with Crippen molar-refractivity contribution in [2.75, 3.05) is 5.32 Å². The smallest absolute Gasteiger partial charge is 0.274 e. The van der Waals surface area contributed by atoms with Gasteiger partial charge in [0.2, 0.25) is 5.91 Å². The maximum absolute atomic E-state index is 12.8. The molecule has 144 valence electrons. The summed E-state index contributed by atoms with van der Waals surface area (Å²) in [6.07, 6.45) is 0.826. The fourth-order valence-corrected chi connectivity index (χ4v) is 3.47. The van der Waals surface area contributed by atoms with Crippen molar-refractivity contribution in [1.82, 2.24) is 9.78 Å². The maximum atomic E-state index is 12.8. The topological polar surface area (TPSA) is 64.0 Å². The number of nitrogens with one attached hydrogen (secondary N) is 1. The maximum Gasteiger partial charge on any atom is 0.274 e. The lowest BCUT2D eigenvalue weighted by Gasteiger charge is -2.12. The van der Waals surface area contributed by atoms with Crippen molar-refractivity contribution in [3.63, 3.8) is 0 Å². The van der Waals surface area contributed by atoms with E-state index in [-0.39, 0.29) is 17.9 Å². The molecule has 29 heavy (non-hydrogen) atoms. The molecule has 0 aliphatic carbocycles. The molecule has 0 saturated heterocycles. The second kappa shape index (κ2) is 8.10. The minimum atomic E-state index is -0.169. The minimum absolute atomic E-state index is 0.0916. The highest BCUT2D eigenvalue weighted by Gasteiger charge is 2.13. The van der Waals surface area contributed by atoms with Crippen LogP contribution in [-0.4, -0.2) is 15.7 Å². The van der Waals surface area contributed by atoms with Crippen LogP contribution in [0.2, 0.25) is 0 Å². The summed E-state index contributed by atoms with van der Waals surface area (Å²) in [7, 11) is 1.60. The fourth-order valence-electron chi connectivity index (χ4n) is 3.47. The van der Waals surface area contributed by atoms with Crippen molar-refractivity contribution in [3.05, 3.63) is 106 Å². The molecule has 5 heteroatoms. The lowest BCUT2D eigenvalue weighted by Crippen LogP contribution is -2.24. The number of hydrogen-bond acceptors (Lipinski definition) is 3. The molecule has 0 atom stereocenters. The predicted molar refractivity (Wildman–Crippen MR) is 115 cm³/mol. The van der Waals surface area contributed by atoms with Gasteiger partial charge in [-0.25, -0.2) is 4.68 Å². The van der Waals surface area contributed by atoms with Gasteiger partial charge < -0.3 is 5.32 Å². The number of carbonyl (C=O) groups excluding carboxylic acids is 1. The first kappa shape index (κ1) is 18.6. The second-order valence-electron chi connectivity index (χ2n) is 6.97. The van der Waals surface area contributed by atoms with Gasteiger partial charge in [-0.2, -0.15) is 5.10 Å². The predicted octanol–water partition coefficient (Wildman–Crippen LogP) is 3.71. The van der Waals surface area contributed by atoms with Crippen LogP contribution in [0.1, 0.15) is 16.8 Å². The lowest BCUT2D eigenvalue weighted by molar-refractivity contribution is -0.115. The molecule has 0 saturated carbocycles. The molecular weight excluding hydrogens is 362 g/mol. The SMILES string of the molecule is Cn1nc(CC(=O)Nc2ccccc2Cc2ccccc2)c2ccccc2c1=O. The zero-order valence-electron chi connectivity index (χ0n) is 16.1. The number of benzene rings is 3. The molecule has 3 aromatic carbocycles. The Morgan fingerprint density at radius 3 is 2.34 bits per heavy atom. The van der Waals surface area contributed by atoms with Crippen LogP contribution in [0.5, 0.6) is 0 Å². The number of rotatable bonds is 5. The molecule has 4 rings (SSSR count). The largest absolute Gasteiger partial charge is 0.325 e. The van der Waals surface area contributed by atoms with E-state index in [2.05, 4.69) is 22.5 Å². The van der Waals surface area contributed by atoms with Crippen molar-refractivity contribution in [2.24, 2.45) is 7.05 Å². The molecule has 0 spiro atoms. The first-order valence-corrected chi connectivity index (χ1v) is 9.48. The number of para-hydroxylation sites is 1. The molecule has 1 N–H and O–H groups in total. The van der Waals surface area contributed by atoms with E-state index in [1.54, 1.807) is 13.1 Å². The second-order valence-corrected chi connectivity index (χ2v) is 6.97. The van der Waals surface area contributed by atoms with E-state index in [9.17, 15) is 9.59 Å². The molecular formula is C24H21N3O2. The van der Waals surface area contributed by atoms with Gasteiger partial charge in [0.05, 0.1) is 17.5 Å². The van der Waals surface area contributed by atoms with E-state index in [1.165, 1.54) is 10.2 Å². The molecule has 1 amide bonds. The number of carbonyl (C=O) groups is 1. The minimum Gasteiger partial charge on any atom is -0.325 e. The van der Waals surface area contributed by atoms with Crippen LogP contribution < -0.4 is 10.9 Å². The van der Waals surface area contributed by atoms with Gasteiger partial charge in [0, 0.05) is 18.1 Å². The summed E-state index contributed by atoms with van der Waals surface area (Å²) in [5, 5.41) is 8.61.